The number of nitrogens with zero attached hydrogens (tertiary/aromatic N) is 4. The lowest BCUT2D eigenvalue weighted by atomic mass is 9.88. The molecule has 0 saturated heterocycles. The Morgan fingerprint density at radius 2 is 1.80 bits per heavy atom. The molecule has 1 aromatic carbocycles. The van der Waals surface area contributed by atoms with Crippen molar-refractivity contribution in [2.45, 2.75) is 77.2 Å². The molecule has 11 nitrogen and oxygen atoms in total. The molecule has 1 aliphatic heterocycles. The van der Waals surface area contributed by atoms with Crippen LogP contribution >= 0.6 is 11.8 Å². The molecule has 12 heteroatoms. The average Bonchev–Trinajstić information content (AvgIpc) is 3.36. The smallest absolute Gasteiger partial charge is 0.343 e. The predicted octanol–water partition coefficient (Wildman–Crippen LogP) is 4.01. The van der Waals surface area contributed by atoms with Crippen LogP contribution in [0, 0.1) is 5.92 Å². The van der Waals surface area contributed by atoms with Crippen LogP contribution in [0.15, 0.2) is 29.4 Å². The van der Waals surface area contributed by atoms with Crippen molar-refractivity contribution in [3.63, 3.8) is 0 Å². The molecule has 1 unspecified atom stereocenters. The number of nitrogens with one attached hydrogen (secondary N) is 2. The van der Waals surface area contributed by atoms with Gasteiger partial charge in [0.05, 0.1) is 7.11 Å². The third kappa shape index (κ3) is 9.98. The number of hydrogen-bond donors (Lipinski definition) is 2. The van der Waals surface area contributed by atoms with Crippen LogP contribution in [-0.2, 0) is 20.9 Å². The van der Waals surface area contributed by atoms with E-state index in [1.807, 2.05) is 52.0 Å². The number of hydrogen-bond acceptors (Lipinski definition) is 9. The molecule has 3 amide bonds. The lowest BCUT2D eigenvalue weighted by molar-refractivity contribution is -0.131. The zero-order valence-electron chi connectivity index (χ0n) is 25.3. The molecule has 1 atom stereocenters. The van der Waals surface area contributed by atoms with Crippen LogP contribution < -0.4 is 10.6 Å². The fourth-order valence-corrected chi connectivity index (χ4v) is 5.60. The van der Waals surface area contributed by atoms with Crippen LogP contribution in [0.25, 0.3) is 0 Å². The number of ketones is 1. The summed E-state index contributed by atoms with van der Waals surface area (Å²) in [4.78, 5) is 47.4. The number of hydrazone groups is 1. The van der Waals surface area contributed by atoms with Gasteiger partial charge in [0.1, 0.15) is 5.66 Å². The normalized spacial score (nSPS) is 18.4. The van der Waals surface area contributed by atoms with Crippen LogP contribution in [0.1, 0.15) is 74.7 Å². The number of Topliss-reactive ketones (excluding diaryl/α,β-unsaturated/α-hetero) is 1. The van der Waals surface area contributed by atoms with Gasteiger partial charge in [-0.3, -0.25) is 9.59 Å². The third-order valence-electron chi connectivity index (χ3n) is 7.18. The molecule has 0 bridgehead atoms. The summed E-state index contributed by atoms with van der Waals surface area (Å²) >= 11 is 1.37. The van der Waals surface area contributed by atoms with Gasteiger partial charge in [-0.05, 0) is 69.8 Å². The maximum atomic E-state index is 13.7. The number of carbonyl (C=O) groups is 3. The molecule has 0 aromatic heterocycles. The Bertz CT molecular complexity index is 1060. The van der Waals surface area contributed by atoms with E-state index >= 15 is 0 Å². The first kappa shape index (κ1) is 32.8. The van der Waals surface area contributed by atoms with Gasteiger partial charge < -0.3 is 25.1 Å². The second-order valence-corrected chi connectivity index (χ2v) is 12.5. The van der Waals surface area contributed by atoms with Gasteiger partial charge in [-0.15, -0.1) is 5.10 Å². The van der Waals surface area contributed by atoms with Crippen LogP contribution in [0.4, 0.5) is 4.79 Å². The van der Waals surface area contributed by atoms with Gasteiger partial charge in [-0.1, -0.05) is 44.2 Å². The molecule has 0 radical (unpaired) electrons. The molecule has 0 spiro atoms. The number of hydroxylamine groups is 2. The van der Waals surface area contributed by atoms with Crippen molar-refractivity contribution in [1.29, 1.82) is 0 Å². The van der Waals surface area contributed by atoms with Crippen LogP contribution in [0.5, 0.6) is 0 Å². The Morgan fingerprint density at radius 1 is 1.12 bits per heavy atom. The molecular weight excluding hydrogens is 544 g/mol. The van der Waals surface area contributed by atoms with Crippen molar-refractivity contribution in [2.75, 3.05) is 40.6 Å². The standard InChI is InChI=1S/C29H46N6O5S/c1-21(2)10-15-24(36)26-35(32-28(40-26)41-19-18-33(3)4)27(38)31-29(16-8-7-9-17-29)30-25(37)23-13-11-22(12-14-23)20-34(5)39-6/h11-14,21,26H,7-10,15-20H2,1-6H3,(H,30,37)(H,31,38). The van der Waals surface area contributed by atoms with Gasteiger partial charge in [0.25, 0.3) is 17.4 Å². The maximum absolute atomic E-state index is 13.7. The first-order valence-electron chi connectivity index (χ1n) is 14.4. The van der Waals surface area contributed by atoms with Gasteiger partial charge in [-0.25, -0.2) is 4.79 Å². The number of thioether (sulfide) groups is 1. The molecule has 1 saturated carbocycles. The van der Waals surface area contributed by atoms with Gasteiger partial charge in [0.2, 0.25) is 0 Å². The zero-order valence-corrected chi connectivity index (χ0v) is 26.1. The Balaban J connectivity index is 1.75. The van der Waals surface area contributed by atoms with Gasteiger partial charge in [0, 0.05) is 37.9 Å². The fourth-order valence-electron chi connectivity index (χ4n) is 4.67. The number of carbonyl (C=O) groups excluding carboxylic acids is 3. The van der Waals surface area contributed by atoms with E-state index < -0.39 is 17.9 Å². The van der Waals surface area contributed by atoms with E-state index in [-0.39, 0.29) is 18.1 Å². The van der Waals surface area contributed by atoms with E-state index in [1.165, 1.54) is 11.8 Å². The monoisotopic (exact) mass is 590 g/mol. The minimum atomic E-state index is -1.12. The minimum absolute atomic E-state index is 0.193. The number of amides is 3. The molecule has 1 aromatic rings. The highest BCUT2D eigenvalue weighted by Crippen LogP contribution is 2.29. The highest BCUT2D eigenvalue weighted by molar-refractivity contribution is 8.13. The van der Waals surface area contributed by atoms with E-state index in [1.54, 1.807) is 24.3 Å². The lowest BCUT2D eigenvalue weighted by Gasteiger charge is -2.39. The summed E-state index contributed by atoms with van der Waals surface area (Å²) in [6.07, 6.45) is 3.74. The molecule has 1 aliphatic carbocycles. The maximum Gasteiger partial charge on any atom is 0.343 e. The Morgan fingerprint density at radius 3 is 2.41 bits per heavy atom. The van der Waals surface area contributed by atoms with Crippen LogP contribution in [0.3, 0.4) is 0 Å². The average molecular weight is 591 g/mol. The third-order valence-corrected chi connectivity index (χ3v) is 7.99. The van der Waals surface area contributed by atoms with E-state index in [0.717, 1.165) is 36.4 Å². The van der Waals surface area contributed by atoms with Crippen LogP contribution in [-0.4, -0.2) is 90.4 Å². The highest BCUT2D eigenvalue weighted by Gasteiger charge is 2.42. The Hall–Kier alpha value is -2.67. The molecule has 1 fully saturated rings. The van der Waals surface area contributed by atoms with Gasteiger partial charge in [0.15, 0.2) is 5.78 Å². The summed E-state index contributed by atoms with van der Waals surface area (Å²) < 4.78 is 5.90. The fraction of sp³-hybridized carbons (Fsp3) is 0.655. The predicted molar refractivity (Wildman–Crippen MR) is 161 cm³/mol. The van der Waals surface area contributed by atoms with Crippen molar-refractivity contribution in [2.24, 2.45) is 11.0 Å². The number of rotatable bonds is 13. The molecule has 41 heavy (non-hydrogen) atoms. The molecule has 228 valence electrons. The summed E-state index contributed by atoms with van der Waals surface area (Å²) in [7, 11) is 7.39. The second kappa shape index (κ2) is 15.5. The number of ether oxygens (including phenoxy) is 1. The van der Waals surface area contributed by atoms with Crippen molar-refractivity contribution in [1.82, 2.24) is 25.6 Å². The van der Waals surface area contributed by atoms with E-state index in [2.05, 4.69) is 15.7 Å². The summed E-state index contributed by atoms with van der Waals surface area (Å²) in [5, 5.41) is 13.6. The van der Waals surface area contributed by atoms with Crippen molar-refractivity contribution in [3.05, 3.63) is 35.4 Å². The molecule has 3 rings (SSSR count). The first-order chi connectivity index (χ1) is 19.5. The van der Waals surface area contributed by atoms with Crippen molar-refractivity contribution in [3.8, 4) is 0 Å². The topological polar surface area (TPSA) is 116 Å². The first-order valence-corrected chi connectivity index (χ1v) is 15.3. The lowest BCUT2D eigenvalue weighted by Crippen LogP contribution is -2.64. The van der Waals surface area contributed by atoms with Gasteiger partial charge >= 0.3 is 6.03 Å². The van der Waals surface area contributed by atoms with Crippen molar-refractivity contribution >= 4 is 34.7 Å². The second-order valence-electron chi connectivity index (χ2n) is 11.4. The Kier molecular flexibility index (Phi) is 12.4. The van der Waals surface area contributed by atoms with E-state index in [0.29, 0.717) is 48.3 Å². The number of urea groups is 1. The SMILES string of the molecule is CON(C)Cc1ccc(C(=O)NC2(NC(=O)N3N=C(SCCN(C)C)OC3C(=O)CCC(C)C)CCCCC2)cc1. The summed E-state index contributed by atoms with van der Waals surface area (Å²) in [6.45, 7) is 5.48. The summed E-state index contributed by atoms with van der Waals surface area (Å²) in [5.74, 6) is 0.578. The van der Waals surface area contributed by atoms with E-state index in [4.69, 9.17) is 9.57 Å². The highest BCUT2D eigenvalue weighted by atomic mass is 32.2. The quantitative estimate of drug-likeness (QED) is 0.262. The molecular formula is C29H46N6O5S. The Labute approximate surface area is 248 Å². The van der Waals surface area contributed by atoms with Crippen molar-refractivity contribution < 1.29 is 24.0 Å². The summed E-state index contributed by atoms with van der Waals surface area (Å²) in [5.41, 5.74) is 0.547. The zero-order chi connectivity index (χ0) is 30.0. The minimum Gasteiger partial charge on any atom is -0.438 e. The molecule has 2 N–H and O–H groups in total. The largest absolute Gasteiger partial charge is 0.438 e. The number of benzene rings is 1. The molecule has 2 aliphatic rings. The molecule has 1 heterocycles. The van der Waals surface area contributed by atoms with E-state index in [9.17, 15) is 14.4 Å². The van der Waals surface area contributed by atoms with Gasteiger partial charge in [-0.2, -0.15) is 10.1 Å². The summed E-state index contributed by atoms with van der Waals surface area (Å²) in [6, 6.07) is 6.75. The van der Waals surface area contributed by atoms with Crippen LogP contribution in [0.2, 0.25) is 0 Å².